The molecule has 1 unspecified atom stereocenters. The highest BCUT2D eigenvalue weighted by molar-refractivity contribution is 5.80. The van der Waals surface area contributed by atoms with Crippen LogP contribution in [0.5, 0.6) is 0 Å². The van der Waals surface area contributed by atoms with Gasteiger partial charge in [-0.15, -0.1) is 0 Å². The van der Waals surface area contributed by atoms with Crippen LogP contribution >= 0.6 is 0 Å². The normalized spacial score (nSPS) is 17.6. The number of pyridine rings is 1. The quantitative estimate of drug-likeness (QED) is 0.805. The Hall–Kier alpha value is -2.15. The standard InChI is InChI=1S/C17H25N3O4/c1-19(2)15-11-13(7-8-18-15)3-4-14-12-20(9-10-24-14)16(21)5-6-17(22)23/h7-8,11,14H,3-6,9-10,12H2,1-2H3,(H,22,23). The highest BCUT2D eigenvalue weighted by Gasteiger charge is 2.24. The number of amides is 1. The zero-order valence-corrected chi connectivity index (χ0v) is 14.3. The minimum Gasteiger partial charge on any atom is -0.481 e. The van der Waals surface area contributed by atoms with Gasteiger partial charge in [-0.2, -0.15) is 0 Å². The molecule has 1 aliphatic rings. The molecule has 1 aliphatic heterocycles. The summed E-state index contributed by atoms with van der Waals surface area (Å²) in [6.45, 7) is 1.57. The summed E-state index contributed by atoms with van der Waals surface area (Å²) in [7, 11) is 3.91. The van der Waals surface area contributed by atoms with Crippen LogP contribution in [0.4, 0.5) is 5.82 Å². The summed E-state index contributed by atoms with van der Waals surface area (Å²) in [5.41, 5.74) is 1.19. The van der Waals surface area contributed by atoms with Gasteiger partial charge in [0.15, 0.2) is 0 Å². The van der Waals surface area contributed by atoms with Gasteiger partial charge in [-0.1, -0.05) is 0 Å². The Kier molecular flexibility index (Phi) is 6.54. The van der Waals surface area contributed by atoms with E-state index >= 15 is 0 Å². The Morgan fingerprint density at radius 1 is 1.42 bits per heavy atom. The van der Waals surface area contributed by atoms with Gasteiger partial charge in [0.1, 0.15) is 5.82 Å². The predicted molar refractivity (Wildman–Crippen MR) is 90.1 cm³/mol. The van der Waals surface area contributed by atoms with E-state index in [0.717, 1.165) is 18.7 Å². The van der Waals surface area contributed by atoms with Gasteiger partial charge in [0.2, 0.25) is 5.91 Å². The van der Waals surface area contributed by atoms with Crippen LogP contribution in [0, 0.1) is 0 Å². The molecule has 0 spiro atoms. The third-order valence-corrected chi connectivity index (χ3v) is 4.07. The minimum atomic E-state index is -0.942. The molecule has 0 saturated carbocycles. The fraction of sp³-hybridized carbons (Fsp3) is 0.588. The number of ether oxygens (including phenoxy) is 1. The van der Waals surface area contributed by atoms with E-state index < -0.39 is 5.97 Å². The summed E-state index contributed by atoms with van der Waals surface area (Å²) in [5, 5.41) is 8.68. The number of carboxylic acids is 1. The number of anilines is 1. The highest BCUT2D eigenvalue weighted by Crippen LogP contribution is 2.16. The molecule has 0 radical (unpaired) electrons. The molecule has 7 heteroatoms. The molecular weight excluding hydrogens is 310 g/mol. The van der Waals surface area contributed by atoms with E-state index in [0.29, 0.717) is 19.7 Å². The molecule has 2 rings (SSSR count). The van der Waals surface area contributed by atoms with E-state index in [4.69, 9.17) is 9.84 Å². The Labute approximate surface area is 142 Å². The molecule has 1 aromatic rings. The van der Waals surface area contributed by atoms with Crippen molar-refractivity contribution in [2.45, 2.75) is 31.8 Å². The lowest BCUT2D eigenvalue weighted by Gasteiger charge is -2.33. The lowest BCUT2D eigenvalue weighted by atomic mass is 10.1. The smallest absolute Gasteiger partial charge is 0.303 e. The van der Waals surface area contributed by atoms with Crippen LogP contribution in [0.25, 0.3) is 0 Å². The van der Waals surface area contributed by atoms with Gasteiger partial charge in [0.25, 0.3) is 0 Å². The van der Waals surface area contributed by atoms with Crippen LogP contribution < -0.4 is 4.90 Å². The summed E-state index contributed by atoms with van der Waals surface area (Å²) in [6, 6.07) is 4.05. The second-order valence-corrected chi connectivity index (χ2v) is 6.18. The van der Waals surface area contributed by atoms with Crippen molar-refractivity contribution in [2.75, 3.05) is 38.7 Å². The maximum atomic E-state index is 12.0. The zero-order valence-electron chi connectivity index (χ0n) is 14.3. The zero-order chi connectivity index (χ0) is 17.5. The number of morpholine rings is 1. The average Bonchev–Trinajstić information content (AvgIpc) is 2.58. The molecule has 1 saturated heterocycles. The van der Waals surface area contributed by atoms with Crippen molar-refractivity contribution in [3.63, 3.8) is 0 Å². The molecule has 0 bridgehead atoms. The van der Waals surface area contributed by atoms with E-state index in [-0.39, 0.29) is 24.9 Å². The van der Waals surface area contributed by atoms with E-state index in [1.165, 1.54) is 5.56 Å². The van der Waals surface area contributed by atoms with Crippen molar-refractivity contribution in [1.82, 2.24) is 9.88 Å². The molecule has 1 amide bonds. The Morgan fingerprint density at radius 2 is 2.21 bits per heavy atom. The molecule has 1 aromatic heterocycles. The molecule has 1 fully saturated rings. The maximum Gasteiger partial charge on any atom is 0.303 e. The first kappa shape index (κ1) is 18.2. The van der Waals surface area contributed by atoms with Crippen molar-refractivity contribution in [3.05, 3.63) is 23.9 Å². The number of aliphatic carboxylic acids is 1. The van der Waals surface area contributed by atoms with Gasteiger partial charge < -0.3 is 19.6 Å². The van der Waals surface area contributed by atoms with E-state index in [9.17, 15) is 9.59 Å². The summed E-state index contributed by atoms with van der Waals surface area (Å²) in [5.74, 6) is -0.130. The number of nitrogens with zero attached hydrogens (tertiary/aromatic N) is 3. The molecule has 2 heterocycles. The number of carboxylic acid groups (broad SMARTS) is 1. The minimum absolute atomic E-state index is 0.0106. The summed E-state index contributed by atoms with van der Waals surface area (Å²) in [6.07, 6.45) is 3.39. The molecule has 1 atom stereocenters. The van der Waals surface area contributed by atoms with Gasteiger partial charge in [0, 0.05) is 39.8 Å². The lowest BCUT2D eigenvalue weighted by molar-refractivity contribution is -0.144. The van der Waals surface area contributed by atoms with E-state index in [2.05, 4.69) is 11.1 Å². The number of carbonyl (C=O) groups is 2. The monoisotopic (exact) mass is 335 g/mol. The summed E-state index contributed by atoms with van der Waals surface area (Å²) >= 11 is 0. The van der Waals surface area contributed by atoms with Gasteiger partial charge in [-0.3, -0.25) is 9.59 Å². The number of carbonyl (C=O) groups excluding carboxylic acids is 1. The van der Waals surface area contributed by atoms with Gasteiger partial charge in [-0.25, -0.2) is 4.98 Å². The molecule has 24 heavy (non-hydrogen) atoms. The van der Waals surface area contributed by atoms with E-state index in [1.54, 1.807) is 11.1 Å². The third-order valence-electron chi connectivity index (χ3n) is 4.07. The van der Waals surface area contributed by atoms with Crippen LogP contribution in [0.15, 0.2) is 18.3 Å². The van der Waals surface area contributed by atoms with Gasteiger partial charge >= 0.3 is 5.97 Å². The van der Waals surface area contributed by atoms with Crippen LogP contribution in [-0.4, -0.2) is 66.8 Å². The Balaban J connectivity index is 1.83. The third kappa shape index (κ3) is 5.49. The first-order valence-corrected chi connectivity index (χ1v) is 8.19. The topological polar surface area (TPSA) is 83.0 Å². The number of rotatable bonds is 7. The number of aryl methyl sites for hydroxylation is 1. The van der Waals surface area contributed by atoms with Crippen LogP contribution in [-0.2, 0) is 20.7 Å². The van der Waals surface area contributed by atoms with Gasteiger partial charge in [0.05, 0.1) is 19.1 Å². The molecule has 132 valence electrons. The number of hydrogen-bond acceptors (Lipinski definition) is 5. The molecular formula is C17H25N3O4. The predicted octanol–water partition coefficient (Wildman–Crippen LogP) is 1.17. The summed E-state index contributed by atoms with van der Waals surface area (Å²) in [4.78, 5) is 30.6. The number of aromatic nitrogens is 1. The van der Waals surface area contributed by atoms with Crippen molar-refractivity contribution in [3.8, 4) is 0 Å². The first-order valence-electron chi connectivity index (χ1n) is 8.19. The maximum absolute atomic E-state index is 12.0. The molecule has 0 aromatic carbocycles. The molecule has 7 nitrogen and oxygen atoms in total. The average molecular weight is 335 g/mol. The first-order chi connectivity index (χ1) is 11.5. The largest absolute Gasteiger partial charge is 0.481 e. The summed E-state index contributed by atoms with van der Waals surface area (Å²) < 4.78 is 5.75. The van der Waals surface area contributed by atoms with Crippen LogP contribution in [0.2, 0.25) is 0 Å². The Morgan fingerprint density at radius 3 is 2.92 bits per heavy atom. The van der Waals surface area contributed by atoms with Crippen LogP contribution in [0.1, 0.15) is 24.8 Å². The lowest BCUT2D eigenvalue weighted by Crippen LogP contribution is -2.45. The molecule has 1 N–H and O–H groups in total. The second-order valence-electron chi connectivity index (χ2n) is 6.18. The molecule has 0 aliphatic carbocycles. The number of hydrogen-bond donors (Lipinski definition) is 1. The Bertz CT molecular complexity index is 577. The van der Waals surface area contributed by atoms with Crippen molar-refractivity contribution in [1.29, 1.82) is 0 Å². The van der Waals surface area contributed by atoms with Crippen molar-refractivity contribution >= 4 is 17.7 Å². The fourth-order valence-electron chi connectivity index (χ4n) is 2.68. The van der Waals surface area contributed by atoms with Crippen LogP contribution in [0.3, 0.4) is 0 Å². The van der Waals surface area contributed by atoms with Crippen molar-refractivity contribution < 1.29 is 19.4 Å². The highest BCUT2D eigenvalue weighted by atomic mass is 16.5. The SMILES string of the molecule is CN(C)c1cc(CCC2CN(C(=O)CCC(=O)O)CCO2)ccn1. The fourth-order valence-corrected chi connectivity index (χ4v) is 2.68. The van der Waals surface area contributed by atoms with Crippen molar-refractivity contribution in [2.24, 2.45) is 0 Å². The van der Waals surface area contributed by atoms with Gasteiger partial charge in [-0.05, 0) is 30.5 Å². The second kappa shape index (κ2) is 8.63. The van der Waals surface area contributed by atoms with E-state index in [1.807, 2.05) is 25.1 Å².